The molecule has 87 heavy (non-hydrogen) atoms. The second kappa shape index (κ2) is 77.1. The number of esters is 1. The molecule has 0 heterocycles. The summed E-state index contributed by atoms with van der Waals surface area (Å²) in [6, 6.07) is -0.627. The normalized spacial score (nSPS) is 12.5. The summed E-state index contributed by atoms with van der Waals surface area (Å²) in [4.78, 5) is 24.7. The van der Waals surface area contributed by atoms with Crippen molar-refractivity contribution in [3.8, 4) is 0 Å². The lowest BCUT2D eigenvalue weighted by atomic mass is 10.0. The average molecular weight is 1230 g/mol. The third-order valence-corrected chi connectivity index (χ3v) is 19.3. The molecule has 0 aromatic rings. The SMILES string of the molecule is CCCCCCCCCCCCCCCCCCCCCCCCC/C=C/C(O)C(CO)NC(=O)CCCCCCCCCCCCCCCCCCCCCCCCCCCCCOC(=O)CCCCCCCCCCCCCCCCCCCC. The number of allylic oxidation sites excluding steroid dienone is 1. The minimum absolute atomic E-state index is 0.0236. The molecule has 0 radical (unpaired) electrons. The van der Waals surface area contributed by atoms with E-state index in [1.807, 2.05) is 6.08 Å². The molecule has 0 aromatic carbocycles. The van der Waals surface area contributed by atoms with Gasteiger partial charge in [-0.15, -0.1) is 0 Å². The first-order chi connectivity index (χ1) is 43.0. The Balaban J connectivity index is 3.36. The number of carbonyl (C=O) groups is 2. The highest BCUT2D eigenvalue weighted by Gasteiger charge is 2.18. The number of carbonyl (C=O) groups excluding carboxylic acids is 2. The molecule has 0 bridgehead atoms. The molecule has 518 valence electrons. The standard InChI is InChI=1S/C81H159NO5/c1-3-5-7-9-11-13-15-17-19-21-23-24-25-29-32-35-38-41-45-49-53-57-61-65-69-73-79(84)78(77-83)82-80(85)74-70-66-62-58-54-50-46-42-39-36-33-30-27-26-28-31-34-37-40-44-48-52-56-60-64-68-72-76-87-81(86)75-71-67-63-59-55-51-47-43-22-20-18-16-14-12-10-8-6-4-2/h69,73,78-79,83-84H,3-68,70-72,74-77H2,1-2H3,(H,82,85)/b73-69+. The van der Waals surface area contributed by atoms with Crippen molar-refractivity contribution in [3.63, 3.8) is 0 Å². The number of nitrogens with one attached hydrogen (secondary N) is 1. The smallest absolute Gasteiger partial charge is 0.305 e. The molecule has 0 aromatic heterocycles. The predicted octanol–water partition coefficient (Wildman–Crippen LogP) is 26.7. The monoisotopic (exact) mass is 1230 g/mol. The van der Waals surface area contributed by atoms with Gasteiger partial charge in [0.05, 0.1) is 25.4 Å². The number of aliphatic hydroxyl groups excluding tert-OH is 2. The van der Waals surface area contributed by atoms with E-state index in [2.05, 4.69) is 19.2 Å². The fourth-order valence-corrected chi connectivity index (χ4v) is 13.2. The molecule has 0 saturated carbocycles. The van der Waals surface area contributed by atoms with E-state index in [9.17, 15) is 19.8 Å². The quantitative estimate of drug-likeness (QED) is 0.0320. The summed E-state index contributed by atoms with van der Waals surface area (Å²) in [5, 5.41) is 23.3. The summed E-state index contributed by atoms with van der Waals surface area (Å²) in [6.45, 7) is 4.97. The van der Waals surface area contributed by atoms with Crippen LogP contribution in [0.3, 0.4) is 0 Å². The lowest BCUT2D eigenvalue weighted by molar-refractivity contribution is -0.143. The van der Waals surface area contributed by atoms with Crippen molar-refractivity contribution >= 4 is 11.9 Å². The van der Waals surface area contributed by atoms with Crippen LogP contribution in [0.25, 0.3) is 0 Å². The molecule has 0 aliphatic heterocycles. The van der Waals surface area contributed by atoms with Crippen molar-refractivity contribution in [2.75, 3.05) is 13.2 Å². The van der Waals surface area contributed by atoms with Crippen molar-refractivity contribution < 1.29 is 24.5 Å². The number of ether oxygens (including phenoxy) is 1. The fourth-order valence-electron chi connectivity index (χ4n) is 13.2. The number of aliphatic hydroxyl groups is 2. The molecule has 6 nitrogen and oxygen atoms in total. The number of amides is 1. The van der Waals surface area contributed by atoms with Crippen LogP contribution in [0.5, 0.6) is 0 Å². The highest BCUT2D eigenvalue weighted by molar-refractivity contribution is 5.76. The third-order valence-electron chi connectivity index (χ3n) is 19.3. The minimum atomic E-state index is -0.844. The Hall–Kier alpha value is -1.40. The molecule has 6 heteroatoms. The van der Waals surface area contributed by atoms with E-state index in [1.54, 1.807) is 6.08 Å². The van der Waals surface area contributed by atoms with E-state index in [-0.39, 0.29) is 18.5 Å². The van der Waals surface area contributed by atoms with E-state index >= 15 is 0 Å². The van der Waals surface area contributed by atoms with Crippen molar-refractivity contribution in [1.29, 1.82) is 0 Å². The Morgan fingerprint density at radius 3 is 0.782 bits per heavy atom. The summed E-state index contributed by atoms with van der Waals surface area (Å²) in [6.07, 6.45) is 97.7. The van der Waals surface area contributed by atoms with Gasteiger partial charge in [-0.05, 0) is 32.1 Å². The molecule has 0 aliphatic carbocycles. The highest BCUT2D eigenvalue weighted by atomic mass is 16.5. The summed E-state index contributed by atoms with van der Waals surface area (Å²) >= 11 is 0. The first-order valence-corrected chi connectivity index (χ1v) is 40.5. The summed E-state index contributed by atoms with van der Waals surface area (Å²) in [5.74, 6) is -0.0356. The maximum atomic E-state index is 12.6. The van der Waals surface area contributed by atoms with Gasteiger partial charge in [-0.3, -0.25) is 9.59 Å². The molecular formula is C81H159NO5. The van der Waals surface area contributed by atoms with Gasteiger partial charge in [-0.2, -0.15) is 0 Å². The van der Waals surface area contributed by atoms with Gasteiger partial charge in [0.25, 0.3) is 0 Å². The number of unbranched alkanes of at least 4 members (excludes halogenated alkanes) is 66. The number of rotatable bonds is 77. The van der Waals surface area contributed by atoms with Crippen LogP contribution in [-0.2, 0) is 14.3 Å². The van der Waals surface area contributed by atoms with Gasteiger partial charge in [-0.1, -0.05) is 437 Å². The van der Waals surface area contributed by atoms with Crippen molar-refractivity contribution in [2.45, 2.75) is 482 Å². The van der Waals surface area contributed by atoms with Gasteiger partial charge in [0.2, 0.25) is 5.91 Å². The van der Waals surface area contributed by atoms with Gasteiger partial charge >= 0.3 is 5.97 Å². The molecule has 0 rings (SSSR count). The Labute approximate surface area is 546 Å². The first-order valence-electron chi connectivity index (χ1n) is 40.5. The van der Waals surface area contributed by atoms with Gasteiger partial charge in [-0.25, -0.2) is 0 Å². The Kier molecular flexibility index (Phi) is 75.8. The fraction of sp³-hybridized carbons (Fsp3) is 0.951. The first kappa shape index (κ1) is 85.6. The zero-order valence-electron chi connectivity index (χ0n) is 59.5. The Bertz CT molecular complexity index is 1320. The van der Waals surface area contributed by atoms with Crippen LogP contribution in [0.15, 0.2) is 12.2 Å². The zero-order valence-corrected chi connectivity index (χ0v) is 59.5. The van der Waals surface area contributed by atoms with Crippen LogP contribution < -0.4 is 5.32 Å². The second-order valence-electron chi connectivity index (χ2n) is 28.1. The molecule has 0 fully saturated rings. The van der Waals surface area contributed by atoms with Crippen molar-refractivity contribution in [3.05, 3.63) is 12.2 Å². The van der Waals surface area contributed by atoms with E-state index in [0.717, 1.165) is 38.5 Å². The summed E-state index contributed by atoms with van der Waals surface area (Å²) in [5.41, 5.74) is 0. The van der Waals surface area contributed by atoms with Gasteiger partial charge in [0.1, 0.15) is 0 Å². The summed E-state index contributed by atoms with van der Waals surface area (Å²) < 4.78 is 5.52. The van der Waals surface area contributed by atoms with Crippen LogP contribution in [0.1, 0.15) is 470 Å². The lowest BCUT2D eigenvalue weighted by Crippen LogP contribution is -2.45. The molecule has 2 atom stereocenters. The molecule has 3 N–H and O–H groups in total. The van der Waals surface area contributed by atoms with Crippen molar-refractivity contribution in [2.24, 2.45) is 0 Å². The second-order valence-corrected chi connectivity index (χ2v) is 28.1. The topological polar surface area (TPSA) is 95.9 Å². The Morgan fingerprint density at radius 2 is 0.529 bits per heavy atom. The van der Waals surface area contributed by atoms with Crippen LogP contribution in [0, 0.1) is 0 Å². The van der Waals surface area contributed by atoms with Gasteiger partial charge in [0, 0.05) is 12.8 Å². The molecular weight excluding hydrogens is 1070 g/mol. The highest BCUT2D eigenvalue weighted by Crippen LogP contribution is 2.20. The van der Waals surface area contributed by atoms with Crippen LogP contribution in [0.2, 0.25) is 0 Å². The zero-order chi connectivity index (χ0) is 62.8. The molecule has 1 amide bonds. The minimum Gasteiger partial charge on any atom is -0.466 e. The van der Waals surface area contributed by atoms with Crippen LogP contribution >= 0.6 is 0 Å². The number of hydrogen-bond acceptors (Lipinski definition) is 5. The van der Waals surface area contributed by atoms with E-state index in [0.29, 0.717) is 19.4 Å². The lowest BCUT2D eigenvalue weighted by Gasteiger charge is -2.20. The van der Waals surface area contributed by atoms with Gasteiger partial charge < -0.3 is 20.3 Å². The van der Waals surface area contributed by atoms with Gasteiger partial charge in [0.15, 0.2) is 0 Å². The largest absolute Gasteiger partial charge is 0.466 e. The Morgan fingerprint density at radius 1 is 0.310 bits per heavy atom. The van der Waals surface area contributed by atoms with Crippen LogP contribution in [-0.4, -0.2) is 47.4 Å². The maximum Gasteiger partial charge on any atom is 0.305 e. The van der Waals surface area contributed by atoms with E-state index < -0.39 is 12.1 Å². The average Bonchev–Trinajstić information content (AvgIpc) is 3.54. The molecule has 0 aliphatic rings. The molecule has 0 saturated heterocycles. The number of hydrogen-bond donors (Lipinski definition) is 3. The predicted molar refractivity (Wildman–Crippen MR) is 384 cm³/mol. The van der Waals surface area contributed by atoms with E-state index in [4.69, 9.17) is 4.74 Å². The van der Waals surface area contributed by atoms with Crippen molar-refractivity contribution in [1.82, 2.24) is 5.32 Å². The molecule has 2 unspecified atom stereocenters. The van der Waals surface area contributed by atoms with Crippen LogP contribution in [0.4, 0.5) is 0 Å². The third kappa shape index (κ3) is 73.5. The molecule has 0 spiro atoms. The maximum absolute atomic E-state index is 12.6. The summed E-state index contributed by atoms with van der Waals surface area (Å²) in [7, 11) is 0. The van der Waals surface area contributed by atoms with E-state index in [1.165, 1.54) is 405 Å².